The lowest BCUT2D eigenvalue weighted by atomic mass is 10.2. The highest BCUT2D eigenvalue weighted by molar-refractivity contribution is 6.30. The number of halogens is 1. The number of hydrogen-bond acceptors (Lipinski definition) is 3. The Kier molecular flexibility index (Phi) is 5.91. The SMILES string of the molecule is O=C(CC(=O)NCc1ccc(Cl)cc1)NCc1ccncc1. The molecule has 0 bridgehead atoms. The first-order valence-corrected chi connectivity index (χ1v) is 7.18. The number of carbonyl (C=O) groups excluding carboxylic acids is 2. The third-order valence-corrected chi connectivity index (χ3v) is 3.22. The molecular formula is C16H16ClN3O2. The van der Waals surface area contributed by atoms with Crippen LogP contribution in [0.5, 0.6) is 0 Å². The largest absolute Gasteiger partial charge is 0.352 e. The molecule has 0 spiro atoms. The lowest BCUT2D eigenvalue weighted by molar-refractivity contribution is -0.129. The van der Waals surface area contributed by atoms with Crippen LogP contribution in [0.1, 0.15) is 17.5 Å². The summed E-state index contributed by atoms with van der Waals surface area (Å²) in [6, 6.07) is 10.8. The van der Waals surface area contributed by atoms with Gasteiger partial charge in [-0.3, -0.25) is 14.6 Å². The molecule has 114 valence electrons. The summed E-state index contributed by atoms with van der Waals surface area (Å²) in [5.41, 5.74) is 1.86. The first-order chi connectivity index (χ1) is 10.6. The van der Waals surface area contributed by atoms with Gasteiger partial charge in [-0.1, -0.05) is 23.7 Å². The van der Waals surface area contributed by atoms with Crippen molar-refractivity contribution in [1.29, 1.82) is 0 Å². The zero-order chi connectivity index (χ0) is 15.8. The van der Waals surface area contributed by atoms with E-state index in [4.69, 9.17) is 11.6 Å². The van der Waals surface area contributed by atoms with Crippen molar-refractivity contribution >= 4 is 23.4 Å². The Bertz CT molecular complexity index is 630. The van der Waals surface area contributed by atoms with Crippen LogP contribution in [0, 0.1) is 0 Å². The first-order valence-electron chi connectivity index (χ1n) is 6.80. The lowest BCUT2D eigenvalue weighted by Gasteiger charge is -2.07. The normalized spacial score (nSPS) is 10.0. The van der Waals surface area contributed by atoms with Crippen molar-refractivity contribution in [3.63, 3.8) is 0 Å². The van der Waals surface area contributed by atoms with Gasteiger partial charge in [-0.25, -0.2) is 0 Å². The van der Waals surface area contributed by atoms with Crippen LogP contribution in [-0.4, -0.2) is 16.8 Å². The van der Waals surface area contributed by atoms with Crippen LogP contribution >= 0.6 is 11.6 Å². The van der Waals surface area contributed by atoms with Crippen molar-refractivity contribution < 1.29 is 9.59 Å². The quantitative estimate of drug-likeness (QED) is 0.801. The Hall–Kier alpha value is -2.40. The number of aromatic nitrogens is 1. The topological polar surface area (TPSA) is 71.1 Å². The lowest BCUT2D eigenvalue weighted by Crippen LogP contribution is -2.31. The van der Waals surface area contributed by atoms with Gasteiger partial charge in [0.2, 0.25) is 11.8 Å². The Morgan fingerprint density at radius 3 is 1.91 bits per heavy atom. The number of benzene rings is 1. The molecule has 0 unspecified atom stereocenters. The maximum absolute atomic E-state index is 11.7. The maximum atomic E-state index is 11.7. The standard InChI is InChI=1S/C16H16ClN3O2/c17-14-3-1-12(2-4-14)10-19-15(21)9-16(22)20-11-13-5-7-18-8-6-13/h1-8H,9-11H2,(H,19,21)(H,20,22). The second kappa shape index (κ2) is 8.14. The Morgan fingerprint density at radius 1 is 0.864 bits per heavy atom. The van der Waals surface area contributed by atoms with Crippen LogP contribution in [0.3, 0.4) is 0 Å². The second-order valence-corrected chi connectivity index (χ2v) is 5.15. The molecule has 0 aliphatic rings. The van der Waals surface area contributed by atoms with Gasteiger partial charge in [-0.15, -0.1) is 0 Å². The van der Waals surface area contributed by atoms with Crippen LogP contribution in [0.25, 0.3) is 0 Å². The first kappa shape index (κ1) is 16.0. The van der Waals surface area contributed by atoms with Gasteiger partial charge in [0.25, 0.3) is 0 Å². The average Bonchev–Trinajstić information content (AvgIpc) is 2.53. The Morgan fingerprint density at radius 2 is 1.36 bits per heavy atom. The molecule has 22 heavy (non-hydrogen) atoms. The van der Waals surface area contributed by atoms with Crippen LogP contribution < -0.4 is 10.6 Å². The number of nitrogens with zero attached hydrogens (tertiary/aromatic N) is 1. The van der Waals surface area contributed by atoms with E-state index < -0.39 is 0 Å². The fourth-order valence-electron chi connectivity index (χ4n) is 1.78. The fraction of sp³-hybridized carbons (Fsp3) is 0.188. The number of carbonyl (C=O) groups is 2. The number of pyridine rings is 1. The molecule has 0 radical (unpaired) electrons. The fourth-order valence-corrected chi connectivity index (χ4v) is 1.90. The third kappa shape index (κ3) is 5.54. The van der Waals surface area contributed by atoms with E-state index in [0.29, 0.717) is 18.1 Å². The molecule has 0 aliphatic heterocycles. The molecule has 5 nitrogen and oxygen atoms in total. The summed E-state index contributed by atoms with van der Waals surface area (Å²) in [5.74, 6) is -0.632. The number of nitrogens with one attached hydrogen (secondary N) is 2. The Balaban J connectivity index is 1.70. The van der Waals surface area contributed by atoms with Crippen molar-refractivity contribution in [1.82, 2.24) is 15.6 Å². The van der Waals surface area contributed by atoms with Crippen molar-refractivity contribution in [3.8, 4) is 0 Å². The molecule has 0 atom stereocenters. The van der Waals surface area contributed by atoms with E-state index in [2.05, 4.69) is 15.6 Å². The van der Waals surface area contributed by atoms with Crippen LogP contribution in [0.4, 0.5) is 0 Å². The van der Waals surface area contributed by atoms with Crippen LogP contribution in [0.2, 0.25) is 5.02 Å². The Labute approximate surface area is 133 Å². The van der Waals surface area contributed by atoms with Gasteiger partial charge >= 0.3 is 0 Å². The summed E-state index contributed by atoms with van der Waals surface area (Å²) in [5, 5.41) is 6.03. The van der Waals surface area contributed by atoms with E-state index in [0.717, 1.165) is 11.1 Å². The van der Waals surface area contributed by atoms with E-state index in [1.54, 1.807) is 36.7 Å². The molecular weight excluding hydrogens is 302 g/mol. The smallest absolute Gasteiger partial charge is 0.229 e. The molecule has 0 saturated heterocycles. The van der Waals surface area contributed by atoms with Gasteiger partial charge in [0.05, 0.1) is 0 Å². The summed E-state index contributed by atoms with van der Waals surface area (Å²) in [4.78, 5) is 27.3. The highest BCUT2D eigenvalue weighted by Crippen LogP contribution is 2.09. The molecule has 2 rings (SSSR count). The summed E-state index contributed by atoms with van der Waals surface area (Å²) in [7, 11) is 0. The van der Waals surface area contributed by atoms with Gasteiger partial charge in [0.15, 0.2) is 0 Å². The van der Waals surface area contributed by atoms with E-state index in [-0.39, 0.29) is 18.2 Å². The molecule has 1 aromatic carbocycles. The van der Waals surface area contributed by atoms with Gasteiger partial charge in [-0.05, 0) is 35.4 Å². The zero-order valence-corrected chi connectivity index (χ0v) is 12.6. The van der Waals surface area contributed by atoms with Crippen LogP contribution in [-0.2, 0) is 22.7 Å². The predicted octanol–water partition coefficient (Wildman–Crippen LogP) is 2.06. The van der Waals surface area contributed by atoms with E-state index in [1.165, 1.54) is 0 Å². The highest BCUT2D eigenvalue weighted by atomic mass is 35.5. The van der Waals surface area contributed by atoms with E-state index >= 15 is 0 Å². The van der Waals surface area contributed by atoms with Crippen molar-refractivity contribution in [2.24, 2.45) is 0 Å². The van der Waals surface area contributed by atoms with Gasteiger partial charge < -0.3 is 10.6 Å². The van der Waals surface area contributed by atoms with Gasteiger partial charge in [0.1, 0.15) is 6.42 Å². The number of amides is 2. The van der Waals surface area contributed by atoms with E-state index in [9.17, 15) is 9.59 Å². The minimum Gasteiger partial charge on any atom is -0.352 e. The van der Waals surface area contributed by atoms with Crippen molar-refractivity contribution in [2.45, 2.75) is 19.5 Å². The van der Waals surface area contributed by atoms with Crippen molar-refractivity contribution in [2.75, 3.05) is 0 Å². The highest BCUT2D eigenvalue weighted by Gasteiger charge is 2.08. The summed E-state index contributed by atoms with van der Waals surface area (Å²) >= 11 is 5.78. The molecule has 0 saturated carbocycles. The molecule has 6 heteroatoms. The number of hydrogen-bond donors (Lipinski definition) is 2. The molecule has 2 amide bonds. The summed E-state index contributed by atoms with van der Waals surface area (Å²) in [6.07, 6.45) is 3.11. The van der Waals surface area contributed by atoms with Crippen LogP contribution in [0.15, 0.2) is 48.8 Å². The second-order valence-electron chi connectivity index (χ2n) is 4.71. The molecule has 2 N–H and O–H groups in total. The minimum atomic E-state index is -0.317. The molecule has 1 aromatic heterocycles. The van der Waals surface area contributed by atoms with Gasteiger partial charge in [-0.2, -0.15) is 0 Å². The maximum Gasteiger partial charge on any atom is 0.229 e. The molecule has 0 aliphatic carbocycles. The molecule has 0 fully saturated rings. The third-order valence-electron chi connectivity index (χ3n) is 2.96. The summed E-state index contributed by atoms with van der Waals surface area (Å²) < 4.78 is 0. The predicted molar refractivity (Wildman–Crippen MR) is 84.0 cm³/mol. The molecule has 1 heterocycles. The van der Waals surface area contributed by atoms with E-state index in [1.807, 2.05) is 12.1 Å². The van der Waals surface area contributed by atoms with Gasteiger partial charge in [0, 0.05) is 30.5 Å². The average molecular weight is 318 g/mol. The zero-order valence-electron chi connectivity index (χ0n) is 11.9. The number of rotatable bonds is 6. The monoisotopic (exact) mass is 317 g/mol. The molecule has 2 aromatic rings. The summed E-state index contributed by atoms with van der Waals surface area (Å²) in [6.45, 7) is 0.749. The minimum absolute atomic E-state index is 0.196. The van der Waals surface area contributed by atoms with Crippen molar-refractivity contribution in [3.05, 3.63) is 64.9 Å².